The van der Waals surface area contributed by atoms with Crippen LogP contribution in [0.2, 0.25) is 0 Å². The van der Waals surface area contributed by atoms with Crippen molar-refractivity contribution in [3.8, 4) is 16.9 Å². The van der Waals surface area contributed by atoms with Gasteiger partial charge in [-0.25, -0.2) is 8.42 Å². The molecule has 2 aliphatic heterocycles. The molecule has 5 nitrogen and oxygen atoms in total. The number of sulfonamides is 1. The molecule has 0 aromatic heterocycles. The van der Waals surface area contributed by atoms with E-state index in [9.17, 15) is 8.42 Å². The monoisotopic (exact) mass is 469 g/mol. The van der Waals surface area contributed by atoms with Gasteiger partial charge in [0.2, 0.25) is 10.0 Å². The van der Waals surface area contributed by atoms with Crippen LogP contribution in [0.4, 0.5) is 0 Å². The van der Waals surface area contributed by atoms with E-state index in [1.54, 1.807) is 24.3 Å². The lowest BCUT2D eigenvalue weighted by atomic mass is 10.0. The molecule has 0 aliphatic carbocycles. The third-order valence-electron chi connectivity index (χ3n) is 6.43. The molecule has 0 radical (unpaired) electrons. The first-order chi connectivity index (χ1) is 16.5. The predicted molar refractivity (Wildman–Crippen MR) is 130 cm³/mol. The molecule has 2 heterocycles. The van der Waals surface area contributed by atoms with Crippen LogP contribution in [0.15, 0.2) is 108 Å². The summed E-state index contributed by atoms with van der Waals surface area (Å²) in [6.45, 7) is 1.98. The maximum Gasteiger partial charge on any atom is 0.253 e. The Morgan fingerprint density at radius 2 is 1.50 bits per heavy atom. The summed E-state index contributed by atoms with van der Waals surface area (Å²) in [6, 6.07) is 32.3. The van der Waals surface area contributed by atoms with Crippen molar-refractivity contribution < 1.29 is 17.9 Å². The molecule has 0 saturated carbocycles. The van der Waals surface area contributed by atoms with Gasteiger partial charge in [0.05, 0.1) is 11.4 Å². The highest BCUT2D eigenvalue weighted by Crippen LogP contribution is 2.53. The van der Waals surface area contributed by atoms with E-state index in [2.05, 4.69) is 0 Å². The van der Waals surface area contributed by atoms with E-state index >= 15 is 0 Å². The third-order valence-corrected chi connectivity index (χ3v) is 8.23. The molecule has 1 unspecified atom stereocenters. The summed E-state index contributed by atoms with van der Waals surface area (Å²) in [5, 5.41) is 0. The fourth-order valence-electron chi connectivity index (χ4n) is 4.63. The number of ether oxygens (including phenoxy) is 2. The molecule has 2 aliphatic rings. The van der Waals surface area contributed by atoms with Crippen molar-refractivity contribution in [3.63, 3.8) is 0 Å². The molecule has 4 aromatic rings. The zero-order valence-electron chi connectivity index (χ0n) is 18.6. The van der Waals surface area contributed by atoms with Crippen LogP contribution >= 0.6 is 0 Å². The quantitative estimate of drug-likeness (QED) is 0.389. The van der Waals surface area contributed by atoms with Gasteiger partial charge in [-0.15, -0.1) is 0 Å². The van der Waals surface area contributed by atoms with Crippen molar-refractivity contribution in [2.75, 3.05) is 6.54 Å². The second-order valence-corrected chi connectivity index (χ2v) is 10.6. The van der Waals surface area contributed by atoms with Crippen LogP contribution in [0.1, 0.15) is 22.9 Å². The summed E-state index contributed by atoms with van der Waals surface area (Å²) in [7, 11) is -3.85. The highest BCUT2D eigenvalue weighted by molar-refractivity contribution is 7.89. The molecule has 6 heteroatoms. The summed E-state index contributed by atoms with van der Waals surface area (Å²) >= 11 is 0. The maximum absolute atomic E-state index is 13.8. The minimum absolute atomic E-state index is 0.0488. The molecule has 6 rings (SSSR count). The van der Waals surface area contributed by atoms with Crippen LogP contribution in [-0.2, 0) is 20.5 Å². The molecule has 4 aromatic carbocycles. The third kappa shape index (κ3) is 3.34. The number of hydrogen-bond acceptors (Lipinski definition) is 4. The van der Waals surface area contributed by atoms with Gasteiger partial charge >= 0.3 is 0 Å². The molecule has 0 N–H and O–H groups in total. The smallest absolute Gasteiger partial charge is 0.253 e. The fourth-order valence-corrected chi connectivity index (χ4v) is 6.13. The normalized spacial score (nSPS) is 21.6. The van der Waals surface area contributed by atoms with Crippen molar-refractivity contribution in [2.24, 2.45) is 0 Å². The van der Waals surface area contributed by atoms with E-state index in [4.69, 9.17) is 9.47 Å². The van der Waals surface area contributed by atoms with Gasteiger partial charge in [-0.1, -0.05) is 84.4 Å². The number of benzene rings is 4. The molecule has 2 atom stereocenters. The summed E-state index contributed by atoms with van der Waals surface area (Å²) in [6.07, 6.45) is -0.807. The first-order valence-electron chi connectivity index (χ1n) is 11.2. The molecule has 0 amide bonds. The average molecular weight is 470 g/mol. The van der Waals surface area contributed by atoms with E-state index in [0.717, 1.165) is 22.3 Å². The Kier molecular flexibility index (Phi) is 4.85. The maximum atomic E-state index is 13.8. The van der Waals surface area contributed by atoms with Gasteiger partial charge < -0.3 is 9.47 Å². The number of aryl methyl sites for hydroxylation is 1. The molecule has 1 fully saturated rings. The van der Waals surface area contributed by atoms with Crippen LogP contribution < -0.4 is 4.74 Å². The van der Waals surface area contributed by atoms with Gasteiger partial charge in [0.25, 0.3) is 5.79 Å². The Morgan fingerprint density at radius 3 is 2.21 bits per heavy atom. The highest BCUT2D eigenvalue weighted by atomic mass is 32.2. The zero-order chi connectivity index (χ0) is 23.3. The molecule has 170 valence electrons. The first-order valence-corrected chi connectivity index (χ1v) is 12.6. The summed E-state index contributed by atoms with van der Waals surface area (Å²) in [4.78, 5) is 0.234. The van der Waals surface area contributed by atoms with Gasteiger partial charge in [0, 0.05) is 11.1 Å². The Balaban J connectivity index is 1.50. The minimum atomic E-state index is -3.85. The van der Waals surface area contributed by atoms with Crippen LogP contribution in [0.25, 0.3) is 11.1 Å². The lowest BCUT2D eigenvalue weighted by Gasteiger charge is -2.34. The molecule has 0 spiro atoms. The van der Waals surface area contributed by atoms with E-state index in [-0.39, 0.29) is 11.4 Å². The second-order valence-electron chi connectivity index (χ2n) is 8.67. The van der Waals surface area contributed by atoms with Crippen molar-refractivity contribution in [2.45, 2.75) is 23.8 Å². The van der Waals surface area contributed by atoms with Crippen molar-refractivity contribution in [1.29, 1.82) is 0 Å². The fraction of sp³-hybridized carbons (Fsp3) is 0.143. The highest BCUT2D eigenvalue weighted by Gasteiger charge is 2.57. The van der Waals surface area contributed by atoms with Crippen LogP contribution in [-0.4, -0.2) is 19.3 Å². The zero-order valence-corrected chi connectivity index (χ0v) is 19.4. The number of nitrogens with zero attached hydrogens (tertiary/aromatic N) is 1. The summed E-state index contributed by atoms with van der Waals surface area (Å²) in [5.41, 5.74) is 4.48. The number of hydrogen-bond donors (Lipinski definition) is 0. The van der Waals surface area contributed by atoms with E-state index in [1.165, 1.54) is 4.31 Å². The SMILES string of the molecule is Cc1ccc(S(=O)(=O)N2CC3(c4ccccc4)Oc4ccc(-c5ccccc5)cc4[C@@H]2O3)cc1. The van der Waals surface area contributed by atoms with Gasteiger partial charge in [0.15, 0.2) is 6.23 Å². The predicted octanol–water partition coefficient (Wildman–Crippen LogP) is 5.63. The van der Waals surface area contributed by atoms with Gasteiger partial charge in [-0.3, -0.25) is 0 Å². The van der Waals surface area contributed by atoms with Gasteiger partial charge in [0.1, 0.15) is 5.75 Å². The Bertz CT molecular complexity index is 1450. The molecule has 34 heavy (non-hydrogen) atoms. The Morgan fingerprint density at radius 1 is 0.824 bits per heavy atom. The largest absolute Gasteiger partial charge is 0.456 e. The lowest BCUT2D eigenvalue weighted by Crippen LogP contribution is -2.39. The summed E-state index contributed by atoms with van der Waals surface area (Å²) in [5.74, 6) is -0.591. The van der Waals surface area contributed by atoms with Crippen molar-refractivity contribution >= 4 is 10.0 Å². The Labute approximate surface area is 199 Å². The van der Waals surface area contributed by atoms with Crippen LogP contribution in [0.3, 0.4) is 0 Å². The topological polar surface area (TPSA) is 55.8 Å². The molecular formula is C28H23NO4S. The van der Waals surface area contributed by atoms with Crippen molar-refractivity contribution in [3.05, 3.63) is 120 Å². The van der Waals surface area contributed by atoms with Gasteiger partial charge in [-0.2, -0.15) is 4.31 Å². The Hall–Kier alpha value is -3.45. The lowest BCUT2D eigenvalue weighted by molar-refractivity contribution is -0.194. The van der Waals surface area contributed by atoms with Crippen molar-refractivity contribution in [1.82, 2.24) is 4.31 Å². The van der Waals surface area contributed by atoms with E-state index < -0.39 is 22.0 Å². The minimum Gasteiger partial charge on any atom is -0.456 e. The van der Waals surface area contributed by atoms with Crippen LogP contribution in [0, 0.1) is 6.92 Å². The average Bonchev–Trinajstić information content (AvgIpc) is 3.21. The molecule has 1 saturated heterocycles. The standard InChI is InChI=1S/C28H23NO4S/c1-20-12-15-24(16-13-20)34(30,31)29-19-28(23-10-6-3-7-11-23)32-26-17-14-22(18-25(26)27(29)33-28)21-8-4-2-5-9-21/h2-18,27H,19H2,1H3/t27-,28?/m0/s1. The second kappa shape index (κ2) is 7.81. The first kappa shape index (κ1) is 21.1. The number of fused-ring (bicyclic) bond motifs is 4. The van der Waals surface area contributed by atoms with E-state index in [1.807, 2.05) is 85.8 Å². The van der Waals surface area contributed by atoms with Crippen LogP contribution in [0.5, 0.6) is 5.75 Å². The number of rotatable bonds is 4. The van der Waals surface area contributed by atoms with E-state index in [0.29, 0.717) is 11.3 Å². The summed E-state index contributed by atoms with van der Waals surface area (Å²) < 4.78 is 42.0. The van der Waals surface area contributed by atoms with Gasteiger partial charge in [-0.05, 0) is 42.3 Å². The molecule has 2 bridgehead atoms. The molecular weight excluding hydrogens is 446 g/mol.